The van der Waals surface area contributed by atoms with E-state index >= 15 is 0 Å². The maximum absolute atomic E-state index is 13.5. The third kappa shape index (κ3) is 5.12. The van der Waals surface area contributed by atoms with Crippen molar-refractivity contribution >= 4 is 10.0 Å². The van der Waals surface area contributed by atoms with Gasteiger partial charge in [0.05, 0.1) is 18.3 Å². The van der Waals surface area contributed by atoms with Crippen molar-refractivity contribution in [2.45, 2.75) is 80.6 Å². The Morgan fingerprint density at radius 3 is 2.64 bits per heavy atom. The van der Waals surface area contributed by atoms with Crippen molar-refractivity contribution in [3.05, 3.63) is 0 Å². The zero-order chi connectivity index (χ0) is 23.0. The normalized spacial score (nSPS) is 41.9. The Morgan fingerprint density at radius 1 is 1.03 bits per heavy atom. The number of rotatable bonds is 6. The first-order valence-electron chi connectivity index (χ1n) is 12.9. The van der Waals surface area contributed by atoms with Gasteiger partial charge in [-0.3, -0.25) is 10.9 Å². The van der Waals surface area contributed by atoms with Crippen molar-refractivity contribution in [2.24, 2.45) is 5.92 Å². The van der Waals surface area contributed by atoms with Gasteiger partial charge in [0, 0.05) is 45.9 Å². The highest BCUT2D eigenvalue weighted by Gasteiger charge is 2.48. The molecule has 5 aliphatic rings. The number of likely N-dealkylation sites (tertiary alicyclic amines) is 1. The molecule has 4 aliphatic heterocycles. The molecule has 11 heteroatoms. The van der Waals surface area contributed by atoms with E-state index in [2.05, 4.69) is 35.8 Å². The average Bonchev–Trinajstić information content (AvgIpc) is 3.48. The summed E-state index contributed by atoms with van der Waals surface area (Å²) >= 11 is 0. The van der Waals surface area contributed by atoms with E-state index in [-0.39, 0.29) is 24.4 Å². The molecular weight excluding hydrogens is 442 g/mol. The fourth-order valence-electron chi connectivity index (χ4n) is 6.83. The van der Waals surface area contributed by atoms with Gasteiger partial charge in [-0.25, -0.2) is 23.2 Å². The molecule has 5 rings (SSSR count). The SMILES string of the molecule is COC1CCC2CNN(C)C2C1NS(=O)(=O)C1CNN(C2CC(N3CCCCC3)CCN2)C1. The van der Waals surface area contributed by atoms with Crippen LogP contribution < -0.4 is 20.9 Å². The van der Waals surface area contributed by atoms with Crippen LogP contribution in [0.15, 0.2) is 0 Å². The van der Waals surface area contributed by atoms with Gasteiger partial charge in [0.1, 0.15) is 5.25 Å². The molecule has 0 spiro atoms. The molecule has 33 heavy (non-hydrogen) atoms. The largest absolute Gasteiger partial charge is 0.380 e. The zero-order valence-corrected chi connectivity index (χ0v) is 21.0. The zero-order valence-electron chi connectivity index (χ0n) is 20.2. The average molecular weight is 486 g/mol. The fourth-order valence-corrected chi connectivity index (χ4v) is 8.34. The molecule has 10 nitrogen and oxygen atoms in total. The topological polar surface area (TPSA) is 101 Å². The first-order chi connectivity index (χ1) is 16.0. The van der Waals surface area contributed by atoms with Crippen LogP contribution in [0.25, 0.3) is 0 Å². The van der Waals surface area contributed by atoms with Crippen molar-refractivity contribution in [1.29, 1.82) is 0 Å². The summed E-state index contributed by atoms with van der Waals surface area (Å²) in [4.78, 5) is 2.65. The van der Waals surface area contributed by atoms with Gasteiger partial charge < -0.3 is 15.0 Å². The molecule has 0 aromatic heterocycles. The van der Waals surface area contributed by atoms with E-state index in [4.69, 9.17) is 4.74 Å². The van der Waals surface area contributed by atoms with Crippen LogP contribution in [0.2, 0.25) is 0 Å². The maximum Gasteiger partial charge on any atom is 0.217 e. The Labute approximate surface area is 199 Å². The molecule has 7 unspecified atom stereocenters. The standard InChI is InChI=1S/C22H43N7O3S/c1-27-22-16(13-24-27)6-7-19(32-2)21(22)26-33(30,31)18-14-25-29(15-18)20-12-17(8-9-23-20)28-10-4-3-5-11-28/h16-26H,3-15H2,1-2H3. The summed E-state index contributed by atoms with van der Waals surface area (Å²) in [5.74, 6) is 0.450. The number of sulfonamides is 1. The van der Waals surface area contributed by atoms with Gasteiger partial charge in [-0.15, -0.1) is 0 Å². The monoisotopic (exact) mass is 485 g/mol. The van der Waals surface area contributed by atoms with Crippen LogP contribution >= 0.6 is 0 Å². The van der Waals surface area contributed by atoms with Crippen molar-refractivity contribution in [3.8, 4) is 0 Å². The van der Waals surface area contributed by atoms with Crippen molar-refractivity contribution in [2.75, 3.05) is 53.4 Å². The van der Waals surface area contributed by atoms with Crippen LogP contribution in [0.3, 0.4) is 0 Å². The van der Waals surface area contributed by atoms with E-state index in [0.29, 0.717) is 25.0 Å². The minimum atomic E-state index is -3.50. The number of hydrogen-bond donors (Lipinski definition) is 4. The third-order valence-corrected chi connectivity index (χ3v) is 10.5. The second-order valence-electron chi connectivity index (χ2n) is 10.6. The summed E-state index contributed by atoms with van der Waals surface area (Å²) in [6.45, 7) is 5.26. The van der Waals surface area contributed by atoms with Crippen LogP contribution in [-0.2, 0) is 14.8 Å². The molecule has 0 amide bonds. The lowest BCUT2D eigenvalue weighted by molar-refractivity contribution is 0.00327. The molecule has 190 valence electrons. The van der Waals surface area contributed by atoms with Crippen LogP contribution in [-0.4, -0.2) is 112 Å². The predicted molar refractivity (Wildman–Crippen MR) is 128 cm³/mol. The summed E-state index contributed by atoms with van der Waals surface area (Å²) in [6.07, 6.45) is 8.21. The molecule has 7 atom stereocenters. The van der Waals surface area contributed by atoms with E-state index in [9.17, 15) is 8.42 Å². The van der Waals surface area contributed by atoms with E-state index in [1.165, 1.54) is 38.8 Å². The number of ether oxygens (including phenoxy) is 1. The summed E-state index contributed by atoms with van der Waals surface area (Å²) in [5, 5.41) is 7.37. The highest BCUT2D eigenvalue weighted by atomic mass is 32.2. The number of likely N-dealkylation sites (N-methyl/N-ethyl adjacent to an activating group) is 1. The fraction of sp³-hybridized carbons (Fsp3) is 1.00. The molecule has 4 saturated heterocycles. The molecule has 4 heterocycles. The number of hydrazine groups is 2. The predicted octanol–water partition coefficient (Wildman–Crippen LogP) is -0.729. The maximum atomic E-state index is 13.5. The Bertz CT molecular complexity index is 765. The lowest BCUT2D eigenvalue weighted by Gasteiger charge is -2.42. The van der Waals surface area contributed by atoms with Crippen LogP contribution in [0.5, 0.6) is 0 Å². The summed E-state index contributed by atoms with van der Waals surface area (Å²) in [7, 11) is 0.209. The number of nitrogens with one attached hydrogen (secondary N) is 4. The van der Waals surface area contributed by atoms with Gasteiger partial charge in [0.25, 0.3) is 0 Å². The van der Waals surface area contributed by atoms with Gasteiger partial charge in [-0.1, -0.05) is 6.42 Å². The van der Waals surface area contributed by atoms with Gasteiger partial charge >= 0.3 is 0 Å². The van der Waals surface area contributed by atoms with Gasteiger partial charge in [-0.2, -0.15) is 0 Å². The Morgan fingerprint density at radius 2 is 1.85 bits per heavy atom. The lowest BCUT2D eigenvalue weighted by Crippen LogP contribution is -2.61. The number of fused-ring (bicyclic) bond motifs is 1. The minimum Gasteiger partial charge on any atom is -0.380 e. The number of piperidine rings is 2. The third-order valence-electron chi connectivity index (χ3n) is 8.72. The molecule has 1 saturated carbocycles. The van der Waals surface area contributed by atoms with Crippen molar-refractivity contribution in [3.63, 3.8) is 0 Å². The Hall–Kier alpha value is -0.370. The molecule has 5 fully saturated rings. The number of hydrogen-bond acceptors (Lipinski definition) is 9. The molecule has 0 radical (unpaired) electrons. The number of nitrogens with zero attached hydrogens (tertiary/aromatic N) is 3. The van der Waals surface area contributed by atoms with Gasteiger partial charge in [-0.05, 0) is 64.1 Å². The van der Waals surface area contributed by atoms with Crippen LogP contribution in [0, 0.1) is 5.92 Å². The van der Waals surface area contributed by atoms with Gasteiger partial charge in [0.2, 0.25) is 10.0 Å². The highest BCUT2D eigenvalue weighted by molar-refractivity contribution is 7.90. The quantitative estimate of drug-likeness (QED) is 0.388. The lowest BCUT2D eigenvalue weighted by atomic mass is 9.80. The highest BCUT2D eigenvalue weighted by Crippen LogP contribution is 2.33. The van der Waals surface area contributed by atoms with Crippen molar-refractivity contribution in [1.82, 2.24) is 35.8 Å². The second-order valence-corrected chi connectivity index (χ2v) is 12.6. The number of methoxy groups -OCH3 is 1. The van der Waals surface area contributed by atoms with Crippen molar-refractivity contribution < 1.29 is 13.2 Å². The summed E-state index contributed by atoms with van der Waals surface area (Å²) in [6, 6.07) is 0.484. The van der Waals surface area contributed by atoms with E-state index in [0.717, 1.165) is 32.4 Å². The second kappa shape index (κ2) is 10.3. The first kappa shape index (κ1) is 24.3. The first-order valence-corrected chi connectivity index (χ1v) is 14.5. The summed E-state index contributed by atoms with van der Waals surface area (Å²) in [5.41, 5.74) is 6.79. The molecular formula is C22H43N7O3S. The molecule has 4 N–H and O–H groups in total. The van der Waals surface area contributed by atoms with E-state index in [1.54, 1.807) is 7.11 Å². The molecule has 0 aromatic rings. The van der Waals surface area contributed by atoms with E-state index in [1.807, 2.05) is 7.05 Å². The van der Waals surface area contributed by atoms with E-state index < -0.39 is 15.3 Å². The van der Waals surface area contributed by atoms with Gasteiger partial charge in [0.15, 0.2) is 0 Å². The molecule has 1 aliphatic carbocycles. The Balaban J connectivity index is 1.21. The molecule has 0 aromatic carbocycles. The van der Waals surface area contributed by atoms with Crippen LogP contribution in [0.4, 0.5) is 0 Å². The minimum absolute atomic E-state index is 0.0980. The van der Waals surface area contributed by atoms with Crippen LogP contribution in [0.1, 0.15) is 44.9 Å². The molecule has 0 bridgehead atoms. The summed E-state index contributed by atoms with van der Waals surface area (Å²) < 4.78 is 35.8. The Kier molecular flexibility index (Phi) is 7.61. The smallest absolute Gasteiger partial charge is 0.217 e.